The molecule has 0 aromatic heterocycles. The first-order chi connectivity index (χ1) is 8.15. The molecule has 0 saturated heterocycles. The average molecular weight is 254 g/mol. The second kappa shape index (κ2) is 7.29. The second-order valence-corrected chi connectivity index (χ2v) is 5.01. The number of benzene rings is 1. The van der Waals surface area contributed by atoms with E-state index in [0.29, 0.717) is 5.92 Å². The summed E-state index contributed by atoms with van der Waals surface area (Å²) >= 11 is 1.55. The summed E-state index contributed by atoms with van der Waals surface area (Å²) in [5, 5.41) is 14.1. The lowest BCUT2D eigenvalue weighted by molar-refractivity contribution is -0.387. The quantitative estimate of drug-likeness (QED) is 0.462. The molecule has 5 heteroatoms. The maximum atomic E-state index is 10.8. The monoisotopic (exact) mass is 254 g/mol. The SMILES string of the molecule is CCNCC(C)CSc1ccccc1[N+](=O)[O-]. The highest BCUT2D eigenvalue weighted by atomic mass is 32.2. The van der Waals surface area contributed by atoms with Gasteiger partial charge < -0.3 is 5.32 Å². The fourth-order valence-electron chi connectivity index (χ4n) is 1.41. The normalized spacial score (nSPS) is 12.4. The van der Waals surface area contributed by atoms with E-state index < -0.39 is 0 Å². The van der Waals surface area contributed by atoms with Crippen LogP contribution in [0.4, 0.5) is 5.69 Å². The average Bonchev–Trinajstić information content (AvgIpc) is 2.34. The molecule has 0 amide bonds. The summed E-state index contributed by atoms with van der Waals surface area (Å²) in [5.41, 5.74) is 0.202. The van der Waals surface area contributed by atoms with Crippen molar-refractivity contribution in [1.29, 1.82) is 0 Å². The number of nitro benzene ring substituents is 1. The standard InChI is InChI=1S/C12H18N2O2S/c1-3-13-8-10(2)9-17-12-7-5-4-6-11(12)14(15)16/h4-7,10,13H,3,8-9H2,1-2H3. The number of hydrogen-bond donors (Lipinski definition) is 1. The van der Waals surface area contributed by atoms with Crippen molar-refractivity contribution in [3.8, 4) is 0 Å². The van der Waals surface area contributed by atoms with Gasteiger partial charge in [0.2, 0.25) is 0 Å². The highest BCUT2D eigenvalue weighted by Gasteiger charge is 2.13. The van der Waals surface area contributed by atoms with Crippen LogP contribution in [0.15, 0.2) is 29.2 Å². The van der Waals surface area contributed by atoms with E-state index in [4.69, 9.17) is 0 Å². The van der Waals surface area contributed by atoms with Gasteiger partial charge in [0.15, 0.2) is 0 Å². The Kier molecular flexibility index (Phi) is 6.00. The topological polar surface area (TPSA) is 55.2 Å². The van der Waals surface area contributed by atoms with Crippen molar-refractivity contribution in [3.63, 3.8) is 0 Å². The van der Waals surface area contributed by atoms with E-state index in [-0.39, 0.29) is 10.6 Å². The zero-order chi connectivity index (χ0) is 12.7. The number of thioether (sulfide) groups is 1. The Hall–Kier alpha value is -1.07. The third-order valence-corrected chi connectivity index (χ3v) is 3.72. The van der Waals surface area contributed by atoms with E-state index in [9.17, 15) is 10.1 Å². The summed E-state index contributed by atoms with van der Waals surface area (Å²) in [4.78, 5) is 11.2. The number of hydrogen-bond acceptors (Lipinski definition) is 4. The first kappa shape index (κ1) is 14.0. The number of nitrogens with one attached hydrogen (secondary N) is 1. The van der Waals surface area contributed by atoms with Crippen LogP contribution in [-0.4, -0.2) is 23.8 Å². The van der Waals surface area contributed by atoms with Gasteiger partial charge in [0, 0.05) is 11.8 Å². The molecular weight excluding hydrogens is 236 g/mol. The molecule has 0 radical (unpaired) electrons. The number of nitro groups is 1. The first-order valence-corrected chi connectivity index (χ1v) is 6.70. The number of rotatable bonds is 7. The zero-order valence-electron chi connectivity index (χ0n) is 10.2. The molecule has 1 unspecified atom stereocenters. The van der Waals surface area contributed by atoms with Crippen LogP contribution in [0.25, 0.3) is 0 Å². The van der Waals surface area contributed by atoms with Gasteiger partial charge in [-0.05, 0) is 25.1 Å². The first-order valence-electron chi connectivity index (χ1n) is 5.72. The van der Waals surface area contributed by atoms with Crippen molar-refractivity contribution >= 4 is 17.4 Å². The van der Waals surface area contributed by atoms with E-state index in [1.54, 1.807) is 23.9 Å². The Morgan fingerprint density at radius 3 is 2.82 bits per heavy atom. The lowest BCUT2D eigenvalue weighted by atomic mass is 10.2. The highest BCUT2D eigenvalue weighted by molar-refractivity contribution is 7.99. The Balaban J connectivity index is 2.54. The summed E-state index contributed by atoms with van der Waals surface area (Å²) in [6.45, 7) is 6.12. The molecule has 0 bridgehead atoms. The van der Waals surface area contributed by atoms with Gasteiger partial charge in [-0.15, -0.1) is 11.8 Å². The van der Waals surface area contributed by atoms with Crippen LogP contribution < -0.4 is 5.32 Å². The molecular formula is C12H18N2O2S. The molecule has 0 aliphatic rings. The summed E-state index contributed by atoms with van der Waals surface area (Å²) in [6.07, 6.45) is 0. The lowest BCUT2D eigenvalue weighted by Crippen LogP contribution is -2.21. The minimum Gasteiger partial charge on any atom is -0.317 e. The van der Waals surface area contributed by atoms with Gasteiger partial charge in [-0.3, -0.25) is 10.1 Å². The van der Waals surface area contributed by atoms with Gasteiger partial charge in [0.25, 0.3) is 5.69 Å². The molecule has 4 nitrogen and oxygen atoms in total. The van der Waals surface area contributed by atoms with Crippen molar-refractivity contribution in [1.82, 2.24) is 5.32 Å². The van der Waals surface area contributed by atoms with E-state index in [1.165, 1.54) is 0 Å². The molecule has 1 rings (SSSR count). The van der Waals surface area contributed by atoms with Gasteiger partial charge in [-0.25, -0.2) is 0 Å². The third kappa shape index (κ3) is 4.75. The summed E-state index contributed by atoms with van der Waals surface area (Å²) in [5.74, 6) is 1.39. The fourth-order valence-corrected chi connectivity index (χ4v) is 2.46. The van der Waals surface area contributed by atoms with E-state index >= 15 is 0 Å². The number of nitrogens with zero attached hydrogens (tertiary/aromatic N) is 1. The highest BCUT2D eigenvalue weighted by Crippen LogP contribution is 2.29. The van der Waals surface area contributed by atoms with Crippen LogP contribution in [0.2, 0.25) is 0 Å². The molecule has 0 fully saturated rings. The largest absolute Gasteiger partial charge is 0.317 e. The second-order valence-electron chi connectivity index (χ2n) is 3.95. The van der Waals surface area contributed by atoms with Gasteiger partial charge in [-0.2, -0.15) is 0 Å². The van der Waals surface area contributed by atoms with Crippen molar-refractivity contribution in [2.24, 2.45) is 5.92 Å². The third-order valence-electron chi connectivity index (χ3n) is 2.33. The van der Waals surface area contributed by atoms with E-state index in [2.05, 4.69) is 19.2 Å². The van der Waals surface area contributed by atoms with Crippen molar-refractivity contribution < 1.29 is 4.92 Å². The zero-order valence-corrected chi connectivity index (χ0v) is 11.0. The molecule has 1 aromatic rings. The molecule has 0 aliphatic heterocycles. The van der Waals surface area contributed by atoms with Crippen LogP contribution in [0, 0.1) is 16.0 Å². The van der Waals surface area contributed by atoms with Gasteiger partial charge in [0.1, 0.15) is 0 Å². The molecule has 1 N–H and O–H groups in total. The lowest BCUT2D eigenvalue weighted by Gasteiger charge is -2.11. The van der Waals surface area contributed by atoms with Crippen LogP contribution in [-0.2, 0) is 0 Å². The molecule has 1 aromatic carbocycles. The fraction of sp³-hybridized carbons (Fsp3) is 0.500. The molecule has 1 atom stereocenters. The number of para-hydroxylation sites is 1. The van der Waals surface area contributed by atoms with Crippen molar-refractivity contribution in [2.45, 2.75) is 18.7 Å². The molecule has 0 spiro atoms. The maximum Gasteiger partial charge on any atom is 0.282 e. The van der Waals surface area contributed by atoms with Crippen LogP contribution in [0.5, 0.6) is 0 Å². The molecule has 0 heterocycles. The van der Waals surface area contributed by atoms with Crippen LogP contribution in [0.1, 0.15) is 13.8 Å². The van der Waals surface area contributed by atoms with Gasteiger partial charge in [0.05, 0.1) is 9.82 Å². The van der Waals surface area contributed by atoms with E-state index in [1.807, 2.05) is 12.1 Å². The predicted octanol–water partition coefficient (Wildman–Crippen LogP) is 2.93. The minimum absolute atomic E-state index is 0.202. The summed E-state index contributed by atoms with van der Waals surface area (Å²) in [6, 6.07) is 6.90. The summed E-state index contributed by atoms with van der Waals surface area (Å²) < 4.78 is 0. The maximum absolute atomic E-state index is 10.8. The van der Waals surface area contributed by atoms with E-state index in [0.717, 1.165) is 23.7 Å². The van der Waals surface area contributed by atoms with Gasteiger partial charge >= 0.3 is 0 Å². The van der Waals surface area contributed by atoms with Crippen LogP contribution >= 0.6 is 11.8 Å². The molecule has 94 valence electrons. The Morgan fingerprint density at radius 1 is 1.47 bits per heavy atom. The minimum atomic E-state index is -0.322. The van der Waals surface area contributed by atoms with Crippen LogP contribution in [0.3, 0.4) is 0 Å². The summed E-state index contributed by atoms with van der Waals surface area (Å²) in [7, 11) is 0. The predicted molar refractivity (Wildman–Crippen MR) is 71.5 cm³/mol. The Labute approximate surface area is 106 Å². The molecule has 0 aliphatic carbocycles. The smallest absolute Gasteiger partial charge is 0.282 e. The van der Waals surface area contributed by atoms with Crippen molar-refractivity contribution in [3.05, 3.63) is 34.4 Å². The Morgan fingerprint density at radius 2 is 2.18 bits per heavy atom. The molecule has 0 saturated carbocycles. The Bertz CT molecular complexity index is 371. The molecule has 17 heavy (non-hydrogen) atoms. The van der Waals surface area contributed by atoms with Crippen molar-refractivity contribution in [2.75, 3.05) is 18.8 Å². The van der Waals surface area contributed by atoms with Gasteiger partial charge in [-0.1, -0.05) is 26.0 Å².